The largest absolute Gasteiger partial charge is 0.489 e. The fourth-order valence-corrected chi connectivity index (χ4v) is 3.44. The highest BCUT2D eigenvalue weighted by Gasteiger charge is 2.28. The average Bonchev–Trinajstić information content (AvgIpc) is 3.24. The molecule has 0 aliphatic carbocycles. The van der Waals surface area contributed by atoms with Gasteiger partial charge in [0.1, 0.15) is 18.2 Å². The second-order valence-electron chi connectivity index (χ2n) is 7.64. The van der Waals surface area contributed by atoms with E-state index in [2.05, 4.69) is 15.2 Å². The van der Waals surface area contributed by atoms with Crippen LogP contribution in [0.3, 0.4) is 0 Å². The van der Waals surface area contributed by atoms with Gasteiger partial charge >= 0.3 is 5.97 Å². The molecule has 0 saturated heterocycles. The molecule has 0 spiro atoms. The quantitative estimate of drug-likeness (QED) is 0.228. The molecule has 1 unspecified atom stereocenters. The highest BCUT2D eigenvalue weighted by atomic mass is 19.1. The van der Waals surface area contributed by atoms with Gasteiger partial charge in [0.05, 0.1) is 11.6 Å². The molecule has 3 aromatic rings. The summed E-state index contributed by atoms with van der Waals surface area (Å²) in [6, 6.07) is 17.1. The van der Waals surface area contributed by atoms with Crippen molar-refractivity contribution in [1.82, 2.24) is 9.99 Å². The maximum absolute atomic E-state index is 13.0. The second-order valence-corrected chi connectivity index (χ2v) is 7.64. The van der Waals surface area contributed by atoms with E-state index in [4.69, 9.17) is 9.57 Å². The number of pyridine rings is 1. The molecule has 8 heteroatoms. The van der Waals surface area contributed by atoms with Gasteiger partial charge in [-0.3, -0.25) is 4.98 Å². The Morgan fingerprint density at radius 2 is 1.91 bits per heavy atom. The Morgan fingerprint density at radius 1 is 1.15 bits per heavy atom. The zero-order chi connectivity index (χ0) is 23.2. The first-order valence-electron chi connectivity index (χ1n) is 10.5. The normalized spacial score (nSPS) is 15.8. The van der Waals surface area contributed by atoms with Crippen LogP contribution in [-0.4, -0.2) is 27.5 Å². The standard InChI is InChI=1S/C25H23FN4O3/c1-17-14-24(30(28-17)18(2)29-33-25(31)21-4-3-13-27-15-21)20-7-11-23(12-8-20)32-16-19-5-9-22(26)10-6-19/h3-13,15,24H,14,16H2,1-2H3/b29-18-. The van der Waals surface area contributed by atoms with Crippen LogP contribution in [0.5, 0.6) is 5.75 Å². The van der Waals surface area contributed by atoms with Crippen LogP contribution >= 0.6 is 0 Å². The Morgan fingerprint density at radius 3 is 2.61 bits per heavy atom. The Balaban J connectivity index is 1.40. The number of rotatable bonds is 6. The van der Waals surface area contributed by atoms with Crippen molar-refractivity contribution < 1.29 is 18.8 Å². The van der Waals surface area contributed by atoms with E-state index in [0.717, 1.165) is 23.3 Å². The molecule has 1 atom stereocenters. The first kappa shape index (κ1) is 22.1. The van der Waals surface area contributed by atoms with E-state index < -0.39 is 5.97 Å². The van der Waals surface area contributed by atoms with Crippen LogP contribution in [-0.2, 0) is 11.4 Å². The van der Waals surface area contributed by atoms with Crippen LogP contribution in [0.1, 0.15) is 47.8 Å². The Bertz CT molecular complexity index is 1160. The first-order chi connectivity index (χ1) is 16.0. The van der Waals surface area contributed by atoms with Crippen molar-refractivity contribution >= 4 is 17.5 Å². The van der Waals surface area contributed by atoms with Gasteiger partial charge in [-0.05, 0) is 61.4 Å². The summed E-state index contributed by atoms with van der Waals surface area (Å²) in [5.74, 6) is 0.320. The van der Waals surface area contributed by atoms with Crippen molar-refractivity contribution in [3.63, 3.8) is 0 Å². The van der Waals surface area contributed by atoms with Crippen LogP contribution in [0, 0.1) is 5.82 Å². The summed E-state index contributed by atoms with van der Waals surface area (Å²) < 4.78 is 18.8. The van der Waals surface area contributed by atoms with Gasteiger partial charge in [0, 0.05) is 24.5 Å². The van der Waals surface area contributed by atoms with E-state index in [9.17, 15) is 9.18 Å². The third kappa shape index (κ3) is 5.60. The van der Waals surface area contributed by atoms with Crippen LogP contribution < -0.4 is 4.74 Å². The lowest BCUT2D eigenvalue weighted by molar-refractivity contribution is 0.0507. The molecule has 0 amide bonds. The number of hydrazone groups is 1. The number of hydrogen-bond donors (Lipinski definition) is 0. The molecule has 7 nitrogen and oxygen atoms in total. The van der Waals surface area contributed by atoms with E-state index >= 15 is 0 Å². The zero-order valence-electron chi connectivity index (χ0n) is 18.3. The number of halogens is 1. The molecule has 168 valence electrons. The smallest absolute Gasteiger partial charge is 0.367 e. The van der Waals surface area contributed by atoms with Crippen molar-refractivity contribution in [3.05, 3.63) is 95.6 Å². The summed E-state index contributed by atoms with van der Waals surface area (Å²) in [5.41, 5.74) is 3.18. The lowest BCUT2D eigenvalue weighted by Gasteiger charge is -2.23. The topological polar surface area (TPSA) is 76.4 Å². The summed E-state index contributed by atoms with van der Waals surface area (Å²) >= 11 is 0. The molecule has 0 fully saturated rings. The van der Waals surface area contributed by atoms with E-state index in [0.29, 0.717) is 23.8 Å². The van der Waals surface area contributed by atoms with Gasteiger partial charge < -0.3 is 9.57 Å². The molecule has 4 rings (SSSR count). The number of benzene rings is 2. The minimum absolute atomic E-state index is 0.0722. The molecule has 33 heavy (non-hydrogen) atoms. The number of amidine groups is 1. The number of oxime groups is 1. The number of ether oxygens (including phenoxy) is 1. The van der Waals surface area contributed by atoms with E-state index in [1.165, 1.54) is 18.3 Å². The van der Waals surface area contributed by atoms with Crippen LogP contribution in [0.15, 0.2) is 83.3 Å². The molecule has 0 N–H and O–H groups in total. The maximum Gasteiger partial charge on any atom is 0.367 e. The second kappa shape index (κ2) is 10.0. The van der Waals surface area contributed by atoms with Crippen molar-refractivity contribution in [3.8, 4) is 5.75 Å². The minimum atomic E-state index is -0.582. The van der Waals surface area contributed by atoms with Crippen LogP contribution in [0.4, 0.5) is 4.39 Å². The Kier molecular flexibility index (Phi) is 6.73. The van der Waals surface area contributed by atoms with Crippen molar-refractivity contribution in [1.29, 1.82) is 0 Å². The lowest BCUT2D eigenvalue weighted by atomic mass is 10.0. The van der Waals surface area contributed by atoms with E-state index in [-0.39, 0.29) is 11.9 Å². The number of hydrogen-bond acceptors (Lipinski definition) is 6. The van der Waals surface area contributed by atoms with Gasteiger partial charge in [0.2, 0.25) is 0 Å². The SMILES string of the molecule is CC1=NN(/C(C)=N\OC(=O)c2cccnc2)C(c2ccc(OCc3ccc(F)cc3)cc2)C1. The van der Waals surface area contributed by atoms with E-state index in [1.807, 2.05) is 31.2 Å². The van der Waals surface area contributed by atoms with Crippen LogP contribution in [0.2, 0.25) is 0 Å². The third-order valence-electron chi connectivity index (χ3n) is 5.14. The average molecular weight is 446 g/mol. The van der Waals surface area contributed by atoms with Gasteiger partial charge in [0.15, 0.2) is 5.84 Å². The molecular formula is C25H23FN4O3. The molecule has 1 aromatic heterocycles. The predicted molar refractivity (Wildman–Crippen MR) is 122 cm³/mol. The maximum atomic E-state index is 13.0. The van der Waals surface area contributed by atoms with Gasteiger partial charge in [0.25, 0.3) is 0 Å². The van der Waals surface area contributed by atoms with Crippen molar-refractivity contribution in [2.75, 3.05) is 0 Å². The van der Waals surface area contributed by atoms with Gasteiger partial charge in [-0.2, -0.15) is 5.10 Å². The number of carbonyl (C=O) groups excluding carboxylic acids is 1. The molecule has 0 radical (unpaired) electrons. The summed E-state index contributed by atoms with van der Waals surface area (Å²) in [6.07, 6.45) is 3.73. The predicted octanol–water partition coefficient (Wildman–Crippen LogP) is 5.11. The summed E-state index contributed by atoms with van der Waals surface area (Å²) in [5, 5.41) is 10.3. The first-order valence-corrected chi connectivity index (χ1v) is 10.5. The Hall–Kier alpha value is -4.07. The molecular weight excluding hydrogens is 423 g/mol. The molecule has 2 aromatic carbocycles. The minimum Gasteiger partial charge on any atom is -0.489 e. The fraction of sp³-hybridized carbons (Fsp3) is 0.200. The molecule has 0 saturated carbocycles. The molecule has 1 aliphatic heterocycles. The van der Waals surface area contributed by atoms with Gasteiger partial charge in [-0.25, -0.2) is 14.2 Å². The number of carbonyl (C=O) groups is 1. The van der Waals surface area contributed by atoms with E-state index in [1.54, 1.807) is 42.4 Å². The monoisotopic (exact) mass is 446 g/mol. The molecule has 2 heterocycles. The molecule has 1 aliphatic rings. The van der Waals surface area contributed by atoms with Gasteiger partial charge in [-0.1, -0.05) is 29.4 Å². The van der Waals surface area contributed by atoms with Gasteiger partial charge in [-0.15, -0.1) is 0 Å². The van der Waals surface area contributed by atoms with Crippen LogP contribution in [0.25, 0.3) is 0 Å². The lowest BCUT2D eigenvalue weighted by Crippen LogP contribution is -2.25. The summed E-state index contributed by atoms with van der Waals surface area (Å²) in [4.78, 5) is 21.1. The zero-order valence-corrected chi connectivity index (χ0v) is 18.3. The highest BCUT2D eigenvalue weighted by Crippen LogP contribution is 2.32. The fourth-order valence-electron chi connectivity index (χ4n) is 3.44. The summed E-state index contributed by atoms with van der Waals surface area (Å²) in [7, 11) is 0. The van der Waals surface area contributed by atoms with Crippen molar-refractivity contribution in [2.45, 2.75) is 32.9 Å². The summed E-state index contributed by atoms with van der Waals surface area (Å²) in [6.45, 7) is 4.04. The third-order valence-corrected chi connectivity index (χ3v) is 5.14. The highest BCUT2D eigenvalue weighted by molar-refractivity contribution is 5.91. The van der Waals surface area contributed by atoms with Crippen molar-refractivity contribution in [2.24, 2.45) is 10.3 Å². The number of aromatic nitrogens is 1. The molecule has 0 bridgehead atoms. The number of nitrogens with zero attached hydrogens (tertiary/aromatic N) is 4. The Labute approximate surface area is 191 Å².